The Morgan fingerprint density at radius 1 is 1.03 bits per heavy atom. The van der Waals surface area contributed by atoms with Gasteiger partial charge in [0.1, 0.15) is 5.69 Å². The number of anilines is 1. The number of hydrogen-bond donors (Lipinski definition) is 1. The van der Waals surface area contributed by atoms with E-state index in [9.17, 15) is 14.4 Å². The third-order valence-electron chi connectivity index (χ3n) is 6.74. The van der Waals surface area contributed by atoms with Crippen LogP contribution in [-0.2, 0) is 11.8 Å². The highest BCUT2D eigenvalue weighted by molar-refractivity contribution is 8.00. The van der Waals surface area contributed by atoms with Crippen molar-refractivity contribution in [1.29, 1.82) is 0 Å². The average Bonchev–Trinajstić information content (AvgIpc) is 3.10. The SMILES string of the molecule is Cc1c(NC(=O)CSc2ccccc2C(=O)N(C)C2CCCCC2)c(=O)n(-c2ccccc2)n1C. The van der Waals surface area contributed by atoms with E-state index in [0.29, 0.717) is 11.3 Å². The second-order valence-electron chi connectivity index (χ2n) is 8.98. The van der Waals surface area contributed by atoms with E-state index in [1.54, 1.807) is 18.7 Å². The van der Waals surface area contributed by atoms with Gasteiger partial charge in [0, 0.05) is 25.0 Å². The molecule has 1 heterocycles. The fraction of sp³-hybridized carbons (Fsp3) is 0.370. The van der Waals surface area contributed by atoms with Gasteiger partial charge in [-0.2, -0.15) is 0 Å². The number of rotatable bonds is 7. The van der Waals surface area contributed by atoms with Crippen LogP contribution >= 0.6 is 11.8 Å². The van der Waals surface area contributed by atoms with Crippen LogP contribution in [0, 0.1) is 6.92 Å². The molecule has 1 aromatic heterocycles. The molecule has 1 N–H and O–H groups in total. The quantitative estimate of drug-likeness (QED) is 0.489. The number of carbonyl (C=O) groups excluding carboxylic acids is 2. The summed E-state index contributed by atoms with van der Waals surface area (Å²) in [6, 6.07) is 17.0. The molecule has 2 amide bonds. The molecule has 184 valence electrons. The first-order valence-electron chi connectivity index (χ1n) is 12.0. The molecule has 1 saturated carbocycles. The van der Waals surface area contributed by atoms with Crippen LogP contribution in [0.3, 0.4) is 0 Å². The number of para-hydroxylation sites is 1. The van der Waals surface area contributed by atoms with E-state index in [0.717, 1.165) is 36.3 Å². The first-order valence-corrected chi connectivity index (χ1v) is 13.0. The molecule has 2 aromatic carbocycles. The lowest BCUT2D eigenvalue weighted by atomic mass is 9.94. The van der Waals surface area contributed by atoms with Gasteiger partial charge in [0.05, 0.1) is 22.7 Å². The number of nitrogens with zero attached hydrogens (tertiary/aromatic N) is 3. The third-order valence-corrected chi connectivity index (χ3v) is 7.81. The number of amides is 2. The molecule has 8 heteroatoms. The number of aromatic nitrogens is 2. The van der Waals surface area contributed by atoms with E-state index >= 15 is 0 Å². The van der Waals surface area contributed by atoms with Crippen LogP contribution in [0.5, 0.6) is 0 Å². The minimum absolute atomic E-state index is 0.00920. The Morgan fingerprint density at radius 2 is 1.69 bits per heavy atom. The van der Waals surface area contributed by atoms with Gasteiger partial charge in [-0.1, -0.05) is 49.6 Å². The van der Waals surface area contributed by atoms with Gasteiger partial charge in [0.25, 0.3) is 11.5 Å². The molecular formula is C27H32N4O3S. The molecule has 0 unspecified atom stereocenters. The number of nitrogens with one attached hydrogen (secondary N) is 1. The predicted molar refractivity (Wildman–Crippen MR) is 141 cm³/mol. The molecule has 0 spiro atoms. The van der Waals surface area contributed by atoms with Gasteiger partial charge >= 0.3 is 0 Å². The Bertz CT molecular complexity index is 1260. The number of hydrogen-bond acceptors (Lipinski definition) is 4. The predicted octanol–water partition coefficient (Wildman–Crippen LogP) is 4.62. The average molecular weight is 493 g/mol. The van der Waals surface area contributed by atoms with Gasteiger partial charge in [-0.05, 0) is 44.0 Å². The van der Waals surface area contributed by atoms with E-state index in [-0.39, 0.29) is 34.9 Å². The minimum atomic E-state index is -0.288. The molecule has 0 aliphatic heterocycles. The molecule has 1 aliphatic carbocycles. The summed E-state index contributed by atoms with van der Waals surface area (Å²) in [5, 5.41) is 2.79. The molecule has 0 atom stereocenters. The van der Waals surface area contributed by atoms with Crippen LogP contribution in [0.1, 0.15) is 48.2 Å². The Hall–Kier alpha value is -3.26. The Morgan fingerprint density at radius 3 is 2.40 bits per heavy atom. The summed E-state index contributed by atoms with van der Waals surface area (Å²) in [5.41, 5.74) is 2.00. The maximum Gasteiger partial charge on any atom is 0.295 e. The van der Waals surface area contributed by atoms with Gasteiger partial charge in [-0.15, -0.1) is 11.8 Å². The van der Waals surface area contributed by atoms with Crippen LogP contribution in [0.25, 0.3) is 5.69 Å². The van der Waals surface area contributed by atoms with Crippen LogP contribution < -0.4 is 10.9 Å². The van der Waals surface area contributed by atoms with E-state index in [4.69, 9.17) is 0 Å². The first-order chi connectivity index (χ1) is 16.9. The van der Waals surface area contributed by atoms with Crippen molar-refractivity contribution in [2.45, 2.75) is 50.0 Å². The smallest absolute Gasteiger partial charge is 0.295 e. The zero-order chi connectivity index (χ0) is 24.9. The lowest BCUT2D eigenvalue weighted by Gasteiger charge is -2.31. The molecule has 0 radical (unpaired) electrons. The molecule has 4 rings (SSSR count). The topological polar surface area (TPSA) is 76.3 Å². The van der Waals surface area contributed by atoms with Crippen molar-refractivity contribution < 1.29 is 9.59 Å². The summed E-state index contributed by atoms with van der Waals surface area (Å²) in [5.74, 6) is -0.203. The Labute approximate surface area is 210 Å². The summed E-state index contributed by atoms with van der Waals surface area (Å²) in [6.07, 6.45) is 5.62. The van der Waals surface area contributed by atoms with Gasteiger partial charge in [-0.3, -0.25) is 19.1 Å². The zero-order valence-electron chi connectivity index (χ0n) is 20.5. The molecule has 1 aliphatic rings. The van der Waals surface area contributed by atoms with Crippen LogP contribution in [-0.4, -0.2) is 44.9 Å². The maximum absolute atomic E-state index is 13.2. The van der Waals surface area contributed by atoms with Gasteiger partial charge in [0.15, 0.2) is 0 Å². The largest absolute Gasteiger partial charge is 0.339 e. The van der Waals surface area contributed by atoms with Gasteiger partial charge in [0.2, 0.25) is 5.91 Å². The molecule has 0 bridgehead atoms. The normalized spacial score (nSPS) is 14.0. The number of carbonyl (C=O) groups is 2. The van der Waals surface area contributed by atoms with Gasteiger partial charge in [-0.25, -0.2) is 4.68 Å². The van der Waals surface area contributed by atoms with E-state index in [2.05, 4.69) is 5.32 Å². The fourth-order valence-corrected chi connectivity index (χ4v) is 5.47. The molecule has 1 fully saturated rings. The van der Waals surface area contributed by atoms with E-state index in [1.165, 1.54) is 22.9 Å². The highest BCUT2D eigenvalue weighted by Gasteiger charge is 2.25. The fourth-order valence-electron chi connectivity index (χ4n) is 4.62. The maximum atomic E-state index is 13.2. The third kappa shape index (κ3) is 5.37. The minimum Gasteiger partial charge on any atom is -0.339 e. The number of benzene rings is 2. The Kier molecular flexibility index (Phi) is 7.80. The van der Waals surface area contributed by atoms with E-state index in [1.807, 2.05) is 66.5 Å². The summed E-state index contributed by atoms with van der Waals surface area (Å²) in [6.45, 7) is 1.80. The van der Waals surface area contributed by atoms with Crippen molar-refractivity contribution in [2.75, 3.05) is 18.1 Å². The summed E-state index contributed by atoms with van der Waals surface area (Å²) in [4.78, 5) is 41.7. The highest BCUT2D eigenvalue weighted by Crippen LogP contribution is 2.27. The highest BCUT2D eigenvalue weighted by atomic mass is 32.2. The second-order valence-corrected chi connectivity index (χ2v) is 9.99. The van der Waals surface area contributed by atoms with Crippen molar-refractivity contribution >= 4 is 29.3 Å². The Balaban J connectivity index is 1.46. The molecule has 0 saturated heterocycles. The van der Waals surface area contributed by atoms with Crippen molar-refractivity contribution in [1.82, 2.24) is 14.3 Å². The number of thioether (sulfide) groups is 1. The molecule has 3 aromatic rings. The van der Waals surface area contributed by atoms with Crippen molar-refractivity contribution in [3.05, 3.63) is 76.2 Å². The van der Waals surface area contributed by atoms with Gasteiger partial charge < -0.3 is 10.2 Å². The summed E-state index contributed by atoms with van der Waals surface area (Å²) in [7, 11) is 3.67. The lowest BCUT2D eigenvalue weighted by Crippen LogP contribution is -2.38. The molecule has 7 nitrogen and oxygen atoms in total. The van der Waals surface area contributed by atoms with E-state index < -0.39 is 0 Å². The van der Waals surface area contributed by atoms with Crippen LogP contribution in [0.15, 0.2) is 64.3 Å². The summed E-state index contributed by atoms with van der Waals surface area (Å²) >= 11 is 1.31. The first kappa shape index (κ1) is 24.9. The van der Waals surface area contributed by atoms with Crippen LogP contribution in [0.2, 0.25) is 0 Å². The van der Waals surface area contributed by atoms with Crippen molar-refractivity contribution in [3.63, 3.8) is 0 Å². The van der Waals surface area contributed by atoms with Crippen molar-refractivity contribution in [3.8, 4) is 5.69 Å². The monoisotopic (exact) mass is 492 g/mol. The second kappa shape index (κ2) is 11.0. The van der Waals surface area contributed by atoms with Crippen LogP contribution in [0.4, 0.5) is 5.69 Å². The molecular weight excluding hydrogens is 460 g/mol. The van der Waals surface area contributed by atoms with Crippen molar-refractivity contribution in [2.24, 2.45) is 7.05 Å². The zero-order valence-corrected chi connectivity index (χ0v) is 21.3. The standard InChI is InChI=1S/C27H32N4O3S/c1-19-25(27(34)31(30(19)3)21-14-8-5-9-15-21)28-24(32)18-35-23-17-11-10-16-22(23)26(33)29(2)20-12-6-4-7-13-20/h5,8-11,14-17,20H,4,6-7,12-13,18H2,1-3H3,(H,28,32). The lowest BCUT2D eigenvalue weighted by molar-refractivity contribution is -0.113. The molecule has 35 heavy (non-hydrogen) atoms. The summed E-state index contributed by atoms with van der Waals surface area (Å²) < 4.78 is 3.27.